The molecule has 164 valence electrons. The molecule has 0 amide bonds. The van der Waals surface area contributed by atoms with Gasteiger partial charge in [0.15, 0.2) is 5.70 Å². The number of hydrogen-bond acceptors (Lipinski definition) is 7. The molecule has 0 atom stereocenters. The third kappa shape index (κ3) is 4.97. The Morgan fingerprint density at radius 2 is 1.79 bits per heavy atom. The second-order valence-electron chi connectivity index (χ2n) is 7.08. The molecule has 0 spiro atoms. The summed E-state index contributed by atoms with van der Waals surface area (Å²) in [5.41, 5.74) is 2.20. The van der Waals surface area contributed by atoms with Crippen LogP contribution in [0, 0.1) is 17.0 Å². The van der Waals surface area contributed by atoms with E-state index in [0.29, 0.717) is 16.9 Å². The number of nitrogens with zero attached hydrogens (tertiary/aromatic N) is 2. The van der Waals surface area contributed by atoms with E-state index in [1.807, 2.05) is 19.1 Å². The van der Waals surface area contributed by atoms with Gasteiger partial charge in [-0.25, -0.2) is 14.6 Å². The number of cyclic esters (lactones) is 1. The molecule has 3 aromatic rings. The predicted octanol–water partition coefficient (Wildman–Crippen LogP) is 5.12. The molecule has 1 aliphatic heterocycles. The fourth-order valence-electron chi connectivity index (χ4n) is 2.96. The van der Waals surface area contributed by atoms with Crippen molar-refractivity contribution >= 4 is 41.2 Å². The van der Waals surface area contributed by atoms with Crippen LogP contribution in [0.5, 0.6) is 5.75 Å². The highest BCUT2D eigenvalue weighted by atomic mass is 35.5. The van der Waals surface area contributed by atoms with Crippen LogP contribution in [0.25, 0.3) is 6.08 Å². The van der Waals surface area contributed by atoms with E-state index in [1.165, 1.54) is 18.2 Å². The average Bonchev–Trinajstić information content (AvgIpc) is 3.15. The Labute approximate surface area is 192 Å². The highest BCUT2D eigenvalue weighted by molar-refractivity contribution is 6.34. The number of aliphatic imine (C=N–C) groups is 1. The second-order valence-corrected chi connectivity index (χ2v) is 7.49. The number of carbonyl (C=O) groups excluding carboxylic acids is 2. The van der Waals surface area contributed by atoms with Gasteiger partial charge >= 0.3 is 11.9 Å². The lowest BCUT2D eigenvalue weighted by atomic mass is 10.1. The maximum atomic E-state index is 12.2. The minimum Gasteiger partial charge on any atom is -0.423 e. The van der Waals surface area contributed by atoms with Gasteiger partial charge in [0.25, 0.3) is 5.69 Å². The van der Waals surface area contributed by atoms with Crippen LogP contribution in [-0.2, 0) is 9.53 Å². The quantitative estimate of drug-likeness (QED) is 0.171. The first-order chi connectivity index (χ1) is 15.8. The minimum atomic E-state index is -0.686. The Kier molecular flexibility index (Phi) is 6.01. The van der Waals surface area contributed by atoms with Gasteiger partial charge in [0.1, 0.15) is 5.75 Å². The summed E-state index contributed by atoms with van der Waals surface area (Å²) < 4.78 is 10.5. The molecule has 3 aromatic carbocycles. The Hall–Kier alpha value is -4.30. The smallest absolute Gasteiger partial charge is 0.363 e. The summed E-state index contributed by atoms with van der Waals surface area (Å²) in [6.45, 7) is 1.93. The number of ether oxygens (including phenoxy) is 2. The van der Waals surface area contributed by atoms with E-state index >= 15 is 0 Å². The zero-order chi connectivity index (χ0) is 23.5. The van der Waals surface area contributed by atoms with E-state index in [1.54, 1.807) is 36.4 Å². The normalized spacial score (nSPS) is 14.1. The molecule has 0 saturated heterocycles. The lowest BCUT2D eigenvalue weighted by molar-refractivity contribution is -0.384. The lowest BCUT2D eigenvalue weighted by Crippen LogP contribution is -2.08. The first-order valence-electron chi connectivity index (χ1n) is 9.66. The molecule has 0 unspecified atom stereocenters. The van der Waals surface area contributed by atoms with Gasteiger partial charge in [-0.1, -0.05) is 41.4 Å². The van der Waals surface area contributed by atoms with Crippen molar-refractivity contribution in [3.05, 3.63) is 110 Å². The van der Waals surface area contributed by atoms with Crippen LogP contribution in [0.1, 0.15) is 27.0 Å². The van der Waals surface area contributed by atoms with E-state index in [-0.39, 0.29) is 27.9 Å². The lowest BCUT2D eigenvalue weighted by Gasteiger charge is -2.05. The monoisotopic (exact) mass is 462 g/mol. The summed E-state index contributed by atoms with van der Waals surface area (Å²) in [6, 6.07) is 17.3. The van der Waals surface area contributed by atoms with Crippen LogP contribution in [0.2, 0.25) is 5.02 Å². The first-order valence-corrected chi connectivity index (χ1v) is 10.0. The van der Waals surface area contributed by atoms with Crippen molar-refractivity contribution in [1.29, 1.82) is 0 Å². The number of nitro benzene ring substituents is 1. The SMILES string of the molecule is Cc1ccc(C(=O)Oc2ccc(/C=C3\N=C(c4ccc([N+](=O)[O-])cc4Cl)OC3=O)cc2)cc1. The number of esters is 2. The molecule has 0 saturated carbocycles. The van der Waals surface area contributed by atoms with Crippen molar-refractivity contribution in [3.8, 4) is 5.75 Å². The topological polar surface area (TPSA) is 108 Å². The van der Waals surface area contributed by atoms with E-state index < -0.39 is 16.9 Å². The van der Waals surface area contributed by atoms with Gasteiger partial charge in [0.05, 0.1) is 21.1 Å². The predicted molar refractivity (Wildman–Crippen MR) is 121 cm³/mol. The molecule has 33 heavy (non-hydrogen) atoms. The third-order valence-electron chi connectivity index (χ3n) is 4.70. The Bertz CT molecular complexity index is 1330. The molecule has 1 heterocycles. The molecule has 4 rings (SSSR count). The van der Waals surface area contributed by atoms with Gasteiger partial charge in [-0.3, -0.25) is 10.1 Å². The number of halogens is 1. The summed E-state index contributed by atoms with van der Waals surface area (Å²) >= 11 is 6.08. The maximum absolute atomic E-state index is 12.2. The van der Waals surface area contributed by atoms with Crippen LogP contribution < -0.4 is 4.74 Å². The Morgan fingerprint density at radius 1 is 1.09 bits per heavy atom. The average molecular weight is 463 g/mol. The summed E-state index contributed by atoms with van der Waals surface area (Å²) in [5.74, 6) is -0.864. The summed E-state index contributed by atoms with van der Waals surface area (Å²) in [7, 11) is 0. The zero-order valence-electron chi connectivity index (χ0n) is 17.2. The van der Waals surface area contributed by atoms with E-state index in [0.717, 1.165) is 11.6 Å². The van der Waals surface area contributed by atoms with Crippen molar-refractivity contribution in [1.82, 2.24) is 0 Å². The van der Waals surface area contributed by atoms with E-state index in [9.17, 15) is 19.7 Å². The van der Waals surface area contributed by atoms with Gasteiger partial charge in [-0.15, -0.1) is 0 Å². The van der Waals surface area contributed by atoms with Crippen molar-refractivity contribution in [3.63, 3.8) is 0 Å². The molecular formula is C24H15ClN2O6. The van der Waals surface area contributed by atoms with E-state index in [2.05, 4.69) is 4.99 Å². The molecule has 0 aliphatic carbocycles. The van der Waals surface area contributed by atoms with Crippen LogP contribution >= 0.6 is 11.6 Å². The summed E-state index contributed by atoms with van der Waals surface area (Å²) in [5, 5.41) is 10.9. The van der Waals surface area contributed by atoms with Crippen molar-refractivity contribution in [2.45, 2.75) is 6.92 Å². The van der Waals surface area contributed by atoms with Gasteiger partial charge in [-0.2, -0.15) is 0 Å². The highest BCUT2D eigenvalue weighted by Gasteiger charge is 2.26. The Morgan fingerprint density at radius 3 is 2.42 bits per heavy atom. The number of hydrogen-bond donors (Lipinski definition) is 0. The second kappa shape index (κ2) is 9.05. The zero-order valence-corrected chi connectivity index (χ0v) is 17.9. The number of rotatable bonds is 5. The van der Waals surface area contributed by atoms with Crippen LogP contribution in [0.3, 0.4) is 0 Å². The van der Waals surface area contributed by atoms with Crippen molar-refractivity contribution < 1.29 is 24.0 Å². The van der Waals surface area contributed by atoms with Gasteiger partial charge in [0.2, 0.25) is 5.90 Å². The summed E-state index contributed by atoms with van der Waals surface area (Å²) in [4.78, 5) is 38.9. The molecule has 0 bridgehead atoms. The van der Waals surface area contributed by atoms with E-state index in [4.69, 9.17) is 21.1 Å². The van der Waals surface area contributed by atoms with Crippen LogP contribution in [0.4, 0.5) is 5.69 Å². The fourth-order valence-corrected chi connectivity index (χ4v) is 3.22. The van der Waals surface area contributed by atoms with Gasteiger partial charge < -0.3 is 9.47 Å². The molecule has 0 aromatic heterocycles. The fraction of sp³-hybridized carbons (Fsp3) is 0.0417. The standard InChI is InChI=1S/C24H15ClN2O6/c1-14-2-6-16(7-3-14)23(28)32-18-9-4-15(5-10-18)12-21-24(29)33-22(26-21)19-11-8-17(27(30)31)13-20(19)25/h2-13H,1H3/b21-12-. The Balaban J connectivity index is 1.50. The van der Waals surface area contributed by atoms with Crippen molar-refractivity contribution in [2.75, 3.05) is 0 Å². The molecule has 0 fully saturated rings. The molecule has 0 N–H and O–H groups in total. The van der Waals surface area contributed by atoms with Crippen LogP contribution in [0.15, 0.2) is 77.4 Å². The minimum absolute atomic E-state index is 0.0313. The van der Waals surface area contributed by atoms with Gasteiger partial charge in [0, 0.05) is 12.1 Å². The molecule has 1 aliphatic rings. The van der Waals surface area contributed by atoms with Crippen LogP contribution in [-0.4, -0.2) is 22.8 Å². The number of non-ortho nitro benzene ring substituents is 1. The molecule has 9 heteroatoms. The third-order valence-corrected chi connectivity index (χ3v) is 5.01. The maximum Gasteiger partial charge on any atom is 0.363 e. The largest absolute Gasteiger partial charge is 0.423 e. The number of nitro groups is 1. The molecule has 0 radical (unpaired) electrons. The highest BCUT2D eigenvalue weighted by Crippen LogP contribution is 2.27. The molecule has 8 nitrogen and oxygen atoms in total. The number of carbonyl (C=O) groups is 2. The number of aryl methyl sites for hydroxylation is 1. The summed E-state index contributed by atoms with van der Waals surface area (Å²) in [6.07, 6.45) is 1.50. The molecular weight excluding hydrogens is 448 g/mol. The first kappa shape index (κ1) is 21.9. The number of benzene rings is 3. The van der Waals surface area contributed by atoms with Gasteiger partial charge in [-0.05, 0) is 48.9 Å². The van der Waals surface area contributed by atoms with Crippen molar-refractivity contribution in [2.24, 2.45) is 4.99 Å².